The number of thiophene rings is 1. The number of nitrogens with zero attached hydrogens (tertiary/aromatic N) is 2. The van der Waals surface area contributed by atoms with Gasteiger partial charge in [0.1, 0.15) is 11.5 Å². The minimum atomic E-state index is -1.12. The molecule has 142 valence electrons. The number of ether oxygens (including phenoxy) is 1. The van der Waals surface area contributed by atoms with E-state index in [0.717, 1.165) is 10.2 Å². The molecule has 4 aromatic heterocycles. The fraction of sp³-hybridized carbons (Fsp3) is 0.150. The molecule has 0 aliphatic carbocycles. The van der Waals surface area contributed by atoms with Crippen molar-refractivity contribution in [3.05, 3.63) is 77.5 Å². The van der Waals surface area contributed by atoms with Gasteiger partial charge in [0.15, 0.2) is 0 Å². The molecular formula is C20H17N3O4S. The maximum Gasteiger partial charge on any atom is 0.356 e. The third-order valence-corrected chi connectivity index (χ3v) is 5.19. The summed E-state index contributed by atoms with van der Waals surface area (Å²) in [6, 6.07) is 10.6. The van der Waals surface area contributed by atoms with Gasteiger partial charge in [0.05, 0.1) is 23.0 Å². The molecule has 4 heterocycles. The lowest BCUT2D eigenvalue weighted by molar-refractivity contribution is -0.130. The Kier molecular flexibility index (Phi) is 4.94. The van der Waals surface area contributed by atoms with Crippen molar-refractivity contribution >= 4 is 33.4 Å². The van der Waals surface area contributed by atoms with E-state index in [1.165, 1.54) is 23.8 Å². The fourth-order valence-corrected chi connectivity index (χ4v) is 3.75. The summed E-state index contributed by atoms with van der Waals surface area (Å²) in [6.07, 6.45) is 3.51. The van der Waals surface area contributed by atoms with Crippen molar-refractivity contribution in [2.45, 2.75) is 12.6 Å². The second-order valence-electron chi connectivity index (χ2n) is 6.13. The predicted molar refractivity (Wildman–Crippen MR) is 104 cm³/mol. The molecule has 0 bridgehead atoms. The van der Waals surface area contributed by atoms with Crippen LogP contribution in [-0.2, 0) is 23.1 Å². The summed E-state index contributed by atoms with van der Waals surface area (Å²) in [6.45, 7) is 0.194. The van der Waals surface area contributed by atoms with Crippen molar-refractivity contribution in [2.24, 2.45) is 7.05 Å². The van der Waals surface area contributed by atoms with Gasteiger partial charge in [-0.25, -0.2) is 4.79 Å². The van der Waals surface area contributed by atoms with Crippen LogP contribution >= 0.6 is 11.3 Å². The van der Waals surface area contributed by atoms with E-state index in [1.807, 2.05) is 11.4 Å². The molecule has 0 saturated heterocycles. The number of nitrogens with one attached hydrogen (secondary N) is 1. The van der Waals surface area contributed by atoms with E-state index in [0.29, 0.717) is 17.0 Å². The quantitative estimate of drug-likeness (QED) is 0.506. The number of rotatable bonds is 6. The minimum Gasteiger partial charge on any atom is -0.467 e. The molecule has 4 rings (SSSR count). The molecule has 1 amide bonds. The van der Waals surface area contributed by atoms with E-state index in [9.17, 15) is 9.59 Å². The molecule has 0 aliphatic rings. The van der Waals surface area contributed by atoms with E-state index < -0.39 is 18.0 Å². The van der Waals surface area contributed by atoms with Gasteiger partial charge in [0.2, 0.25) is 6.10 Å². The van der Waals surface area contributed by atoms with Gasteiger partial charge >= 0.3 is 5.97 Å². The van der Waals surface area contributed by atoms with Crippen LogP contribution in [0.3, 0.4) is 0 Å². The van der Waals surface area contributed by atoms with Gasteiger partial charge < -0.3 is 19.0 Å². The van der Waals surface area contributed by atoms with Gasteiger partial charge in [-0.1, -0.05) is 6.07 Å². The monoisotopic (exact) mass is 395 g/mol. The second kappa shape index (κ2) is 7.69. The predicted octanol–water partition coefficient (Wildman–Crippen LogP) is 3.44. The maximum absolute atomic E-state index is 12.8. The molecule has 1 atom stereocenters. The average Bonchev–Trinajstić information content (AvgIpc) is 3.44. The third kappa shape index (κ3) is 3.54. The maximum atomic E-state index is 12.8. The lowest BCUT2D eigenvalue weighted by Gasteiger charge is -2.17. The number of fused-ring (bicyclic) bond motifs is 1. The number of hydrogen-bond donors (Lipinski definition) is 1. The summed E-state index contributed by atoms with van der Waals surface area (Å²) in [5.41, 5.74) is 1.82. The third-order valence-electron chi connectivity index (χ3n) is 4.34. The van der Waals surface area contributed by atoms with E-state index in [2.05, 4.69) is 10.3 Å². The topological polar surface area (TPSA) is 86.4 Å². The first kappa shape index (κ1) is 18.0. The van der Waals surface area contributed by atoms with Crippen LogP contribution in [0.4, 0.5) is 0 Å². The SMILES string of the molecule is Cn1c(C(=O)OC(C(=O)NCc2ccco2)c2cccnc2)cc2sccc21. The summed E-state index contributed by atoms with van der Waals surface area (Å²) >= 11 is 1.54. The highest BCUT2D eigenvalue weighted by molar-refractivity contribution is 7.17. The Morgan fingerprint density at radius 2 is 2.21 bits per heavy atom. The van der Waals surface area contributed by atoms with Crippen molar-refractivity contribution in [2.75, 3.05) is 0 Å². The number of carbonyl (C=O) groups is 2. The number of esters is 1. The zero-order chi connectivity index (χ0) is 19.5. The van der Waals surface area contributed by atoms with Crippen molar-refractivity contribution in [1.82, 2.24) is 14.9 Å². The number of amides is 1. The van der Waals surface area contributed by atoms with Gasteiger partial charge in [0.25, 0.3) is 5.91 Å². The highest BCUT2D eigenvalue weighted by Gasteiger charge is 2.27. The molecule has 8 heteroatoms. The number of aromatic nitrogens is 2. The molecule has 0 saturated carbocycles. The van der Waals surface area contributed by atoms with E-state index in [1.54, 1.807) is 48.1 Å². The molecule has 1 N–H and O–H groups in total. The fourth-order valence-electron chi connectivity index (χ4n) is 2.90. The Balaban J connectivity index is 1.56. The number of furan rings is 1. The Hall–Kier alpha value is -3.39. The van der Waals surface area contributed by atoms with Gasteiger partial charge in [-0.2, -0.15) is 0 Å². The molecule has 1 unspecified atom stereocenters. The van der Waals surface area contributed by atoms with Gasteiger partial charge in [-0.15, -0.1) is 11.3 Å². The number of aryl methyl sites for hydroxylation is 1. The number of hydrogen-bond acceptors (Lipinski definition) is 6. The van der Waals surface area contributed by atoms with E-state index in [4.69, 9.17) is 9.15 Å². The molecule has 28 heavy (non-hydrogen) atoms. The standard InChI is InChI=1S/C20H17N3O4S/c1-23-15-6-9-28-17(15)10-16(23)20(25)27-18(13-4-2-7-21-11-13)19(24)22-12-14-5-3-8-26-14/h2-11,18H,12H2,1H3,(H,22,24). The Morgan fingerprint density at radius 3 is 2.93 bits per heavy atom. The second-order valence-corrected chi connectivity index (χ2v) is 7.08. The number of carbonyl (C=O) groups excluding carboxylic acids is 2. The zero-order valence-electron chi connectivity index (χ0n) is 15.0. The Morgan fingerprint density at radius 1 is 1.32 bits per heavy atom. The van der Waals surface area contributed by atoms with Crippen LogP contribution < -0.4 is 5.32 Å². The van der Waals surface area contributed by atoms with Gasteiger partial charge in [0, 0.05) is 25.0 Å². The van der Waals surface area contributed by atoms with Crippen LogP contribution in [0.2, 0.25) is 0 Å². The minimum absolute atomic E-state index is 0.194. The Labute approximate surface area is 164 Å². The molecule has 0 aliphatic heterocycles. The van der Waals surface area contributed by atoms with Crippen LogP contribution in [0.15, 0.2) is 64.9 Å². The molecule has 0 spiro atoms. The van der Waals surface area contributed by atoms with Crippen molar-refractivity contribution in [3.8, 4) is 0 Å². The van der Waals surface area contributed by atoms with E-state index in [-0.39, 0.29) is 6.54 Å². The Bertz CT molecular complexity index is 1100. The average molecular weight is 395 g/mol. The summed E-state index contributed by atoms with van der Waals surface area (Å²) in [7, 11) is 1.79. The van der Waals surface area contributed by atoms with Crippen LogP contribution in [0.5, 0.6) is 0 Å². The van der Waals surface area contributed by atoms with Crippen molar-refractivity contribution in [3.63, 3.8) is 0 Å². The first-order valence-electron chi connectivity index (χ1n) is 8.57. The molecule has 7 nitrogen and oxygen atoms in total. The van der Waals surface area contributed by atoms with Gasteiger partial charge in [-0.05, 0) is 35.7 Å². The number of pyridine rings is 1. The largest absolute Gasteiger partial charge is 0.467 e. The first-order valence-corrected chi connectivity index (χ1v) is 9.45. The molecule has 4 aromatic rings. The normalized spacial score (nSPS) is 12.0. The van der Waals surface area contributed by atoms with Crippen LogP contribution in [0, 0.1) is 0 Å². The van der Waals surface area contributed by atoms with Crippen LogP contribution in [0.25, 0.3) is 10.2 Å². The van der Waals surface area contributed by atoms with Gasteiger partial charge in [-0.3, -0.25) is 9.78 Å². The van der Waals surface area contributed by atoms with Crippen LogP contribution in [-0.4, -0.2) is 21.4 Å². The molecule has 0 fully saturated rings. The molecular weight excluding hydrogens is 378 g/mol. The molecule has 0 radical (unpaired) electrons. The zero-order valence-corrected chi connectivity index (χ0v) is 15.8. The molecule has 0 aromatic carbocycles. The van der Waals surface area contributed by atoms with Crippen LogP contribution in [0.1, 0.15) is 27.9 Å². The summed E-state index contributed by atoms with van der Waals surface area (Å²) in [5.74, 6) is -0.422. The lowest BCUT2D eigenvalue weighted by atomic mass is 10.1. The first-order chi connectivity index (χ1) is 13.6. The smallest absolute Gasteiger partial charge is 0.356 e. The lowest BCUT2D eigenvalue weighted by Crippen LogP contribution is -2.32. The van der Waals surface area contributed by atoms with Crippen molar-refractivity contribution in [1.29, 1.82) is 0 Å². The summed E-state index contributed by atoms with van der Waals surface area (Å²) in [4.78, 5) is 29.6. The highest BCUT2D eigenvalue weighted by atomic mass is 32.1. The summed E-state index contributed by atoms with van der Waals surface area (Å²) < 4.78 is 13.6. The van der Waals surface area contributed by atoms with Crippen molar-refractivity contribution < 1.29 is 18.7 Å². The summed E-state index contributed by atoms with van der Waals surface area (Å²) in [5, 5.41) is 4.69. The highest BCUT2D eigenvalue weighted by Crippen LogP contribution is 2.26. The van der Waals surface area contributed by atoms with E-state index >= 15 is 0 Å².